The Kier molecular flexibility index (Phi) is 2.37. The number of aliphatic hydroxyl groups is 1. The summed E-state index contributed by atoms with van der Waals surface area (Å²) in [4.78, 5) is 0. The van der Waals surface area contributed by atoms with E-state index in [-0.39, 0.29) is 5.76 Å². The maximum atomic E-state index is 9.15. The summed E-state index contributed by atoms with van der Waals surface area (Å²) >= 11 is 0. The zero-order valence-corrected chi connectivity index (χ0v) is 6.00. The van der Waals surface area contributed by atoms with Crippen LogP contribution in [0.2, 0.25) is 0 Å². The first-order valence-electron chi connectivity index (χ1n) is 3.40. The molecule has 0 fully saturated rings. The average Bonchev–Trinajstić information content (AvgIpc) is 1.94. The van der Waals surface area contributed by atoms with E-state index in [0.717, 1.165) is 6.42 Å². The molecule has 1 aliphatic rings. The van der Waals surface area contributed by atoms with E-state index in [1.807, 2.05) is 13.3 Å². The fraction of sp³-hybridized carbons (Fsp3) is 0.375. The molecule has 0 aromatic carbocycles. The summed E-state index contributed by atoms with van der Waals surface area (Å²) in [5.41, 5.74) is 0. The van der Waals surface area contributed by atoms with Crippen molar-refractivity contribution in [2.45, 2.75) is 13.3 Å². The van der Waals surface area contributed by atoms with E-state index in [1.165, 1.54) is 0 Å². The van der Waals surface area contributed by atoms with E-state index < -0.39 is 0 Å². The van der Waals surface area contributed by atoms with Crippen molar-refractivity contribution in [3.63, 3.8) is 0 Å². The lowest BCUT2D eigenvalue weighted by molar-refractivity contribution is 0.206. The Hall–Kier alpha value is -0.920. The molecule has 0 aromatic rings. The maximum Gasteiger partial charge on any atom is 0.156 e. The minimum atomic E-state index is 0.254. The van der Waals surface area contributed by atoms with E-state index in [9.17, 15) is 0 Å². The van der Waals surface area contributed by atoms with Crippen molar-refractivity contribution in [1.82, 2.24) is 0 Å². The first-order valence-corrected chi connectivity index (χ1v) is 3.40. The second-order valence-electron chi connectivity index (χ2n) is 2.02. The molecule has 0 bridgehead atoms. The largest absolute Gasteiger partial charge is 0.504 e. The third kappa shape index (κ3) is 1.53. The summed E-state index contributed by atoms with van der Waals surface area (Å²) < 4.78 is 5.11. The fourth-order valence-electron chi connectivity index (χ4n) is 0.818. The normalized spacial score (nSPS) is 17.7. The summed E-state index contributed by atoms with van der Waals surface area (Å²) in [5.74, 6) is 0.832. The van der Waals surface area contributed by atoms with Crippen LogP contribution >= 0.6 is 0 Å². The predicted octanol–water partition coefficient (Wildman–Crippen LogP) is 1.96. The number of allylic oxidation sites excluding steroid dienone is 2. The van der Waals surface area contributed by atoms with E-state index >= 15 is 0 Å². The van der Waals surface area contributed by atoms with Gasteiger partial charge in [0.2, 0.25) is 0 Å². The van der Waals surface area contributed by atoms with E-state index in [4.69, 9.17) is 9.84 Å². The molecule has 0 saturated heterocycles. The second-order valence-corrected chi connectivity index (χ2v) is 2.02. The Morgan fingerprint density at radius 3 is 3.10 bits per heavy atom. The highest BCUT2D eigenvalue weighted by atomic mass is 16.5. The van der Waals surface area contributed by atoms with Crippen LogP contribution in [0.4, 0.5) is 0 Å². The molecule has 0 heterocycles. The average molecular weight is 139 g/mol. The molecular formula is C8H11O2. The second kappa shape index (κ2) is 3.30. The lowest BCUT2D eigenvalue weighted by Crippen LogP contribution is -1.99. The Labute approximate surface area is 60.8 Å². The Morgan fingerprint density at radius 2 is 2.50 bits per heavy atom. The van der Waals surface area contributed by atoms with Gasteiger partial charge >= 0.3 is 0 Å². The molecule has 0 amide bonds. The first kappa shape index (κ1) is 7.19. The van der Waals surface area contributed by atoms with Crippen LogP contribution in [0.25, 0.3) is 0 Å². The number of hydrogen-bond donors (Lipinski definition) is 1. The van der Waals surface area contributed by atoms with Crippen molar-refractivity contribution < 1.29 is 9.84 Å². The molecule has 2 heteroatoms. The van der Waals surface area contributed by atoms with Gasteiger partial charge in [0, 0.05) is 0 Å². The van der Waals surface area contributed by atoms with Gasteiger partial charge in [0.15, 0.2) is 11.5 Å². The number of ether oxygens (including phenoxy) is 1. The molecule has 0 aromatic heterocycles. The molecule has 1 radical (unpaired) electrons. The van der Waals surface area contributed by atoms with Gasteiger partial charge in [-0.15, -0.1) is 0 Å². The number of rotatable bonds is 2. The van der Waals surface area contributed by atoms with Crippen LogP contribution in [0.5, 0.6) is 0 Å². The van der Waals surface area contributed by atoms with Crippen molar-refractivity contribution in [1.29, 1.82) is 0 Å². The smallest absolute Gasteiger partial charge is 0.156 e. The predicted molar refractivity (Wildman–Crippen MR) is 39.3 cm³/mol. The van der Waals surface area contributed by atoms with Crippen LogP contribution in [0.15, 0.2) is 23.7 Å². The minimum absolute atomic E-state index is 0.254. The molecule has 55 valence electrons. The van der Waals surface area contributed by atoms with Gasteiger partial charge < -0.3 is 9.84 Å². The van der Waals surface area contributed by atoms with Gasteiger partial charge in [0.05, 0.1) is 6.61 Å². The van der Waals surface area contributed by atoms with Crippen molar-refractivity contribution in [2.75, 3.05) is 6.61 Å². The van der Waals surface area contributed by atoms with Crippen molar-refractivity contribution >= 4 is 0 Å². The molecule has 0 unspecified atom stereocenters. The zero-order valence-electron chi connectivity index (χ0n) is 6.00. The van der Waals surface area contributed by atoms with Crippen LogP contribution in [-0.2, 0) is 4.74 Å². The Morgan fingerprint density at radius 1 is 1.70 bits per heavy atom. The lowest BCUT2D eigenvalue weighted by Gasteiger charge is -2.10. The van der Waals surface area contributed by atoms with Crippen LogP contribution < -0.4 is 0 Å². The zero-order chi connectivity index (χ0) is 7.40. The summed E-state index contributed by atoms with van der Waals surface area (Å²) in [7, 11) is 0. The van der Waals surface area contributed by atoms with Gasteiger partial charge in [-0.25, -0.2) is 0 Å². The highest BCUT2D eigenvalue weighted by Crippen LogP contribution is 2.15. The highest BCUT2D eigenvalue weighted by Gasteiger charge is 2.06. The van der Waals surface area contributed by atoms with Gasteiger partial charge in [0.25, 0.3) is 0 Å². The molecule has 1 N–H and O–H groups in total. The fourth-order valence-corrected chi connectivity index (χ4v) is 0.818. The van der Waals surface area contributed by atoms with Gasteiger partial charge in [-0.1, -0.05) is 0 Å². The van der Waals surface area contributed by atoms with E-state index in [1.54, 1.807) is 12.2 Å². The summed E-state index contributed by atoms with van der Waals surface area (Å²) in [6.07, 6.45) is 6.26. The van der Waals surface area contributed by atoms with Crippen molar-refractivity contribution in [3.8, 4) is 0 Å². The molecule has 0 atom stereocenters. The summed E-state index contributed by atoms with van der Waals surface area (Å²) in [6, 6.07) is 0. The van der Waals surface area contributed by atoms with Gasteiger partial charge in [-0.2, -0.15) is 0 Å². The maximum absolute atomic E-state index is 9.15. The standard InChI is InChI=1S/C8H11O2/c1-2-10-8-6-4-3-5-7(8)9/h4-6,9H,2-3H2,1H3. The monoisotopic (exact) mass is 139 g/mol. The number of hydrogen-bond acceptors (Lipinski definition) is 2. The minimum Gasteiger partial charge on any atom is -0.504 e. The van der Waals surface area contributed by atoms with Crippen LogP contribution in [0.1, 0.15) is 13.3 Å². The third-order valence-corrected chi connectivity index (χ3v) is 1.27. The van der Waals surface area contributed by atoms with Gasteiger partial charge in [0.1, 0.15) is 0 Å². The molecule has 0 aliphatic heterocycles. The van der Waals surface area contributed by atoms with Crippen LogP contribution in [0, 0.1) is 6.42 Å². The van der Waals surface area contributed by atoms with Crippen molar-refractivity contribution in [2.24, 2.45) is 0 Å². The molecule has 0 spiro atoms. The molecule has 0 saturated carbocycles. The van der Waals surface area contributed by atoms with E-state index in [2.05, 4.69) is 0 Å². The Bertz CT molecular complexity index is 168. The molecule has 1 aliphatic carbocycles. The van der Waals surface area contributed by atoms with Gasteiger partial charge in [-0.05, 0) is 31.9 Å². The van der Waals surface area contributed by atoms with E-state index in [0.29, 0.717) is 12.4 Å². The van der Waals surface area contributed by atoms with Crippen LogP contribution in [0.3, 0.4) is 0 Å². The SMILES string of the molecule is CCOC1=C[CH]CC=C1O. The molecule has 1 rings (SSSR count). The highest BCUT2D eigenvalue weighted by molar-refractivity contribution is 5.26. The lowest BCUT2D eigenvalue weighted by atomic mass is 10.1. The first-order chi connectivity index (χ1) is 4.84. The molecule has 2 nitrogen and oxygen atoms in total. The molecular weight excluding hydrogens is 128 g/mol. The Balaban J connectivity index is 2.56. The topological polar surface area (TPSA) is 29.5 Å². The van der Waals surface area contributed by atoms with Gasteiger partial charge in [-0.3, -0.25) is 0 Å². The third-order valence-electron chi connectivity index (χ3n) is 1.27. The quantitative estimate of drug-likeness (QED) is 0.633. The molecule has 10 heavy (non-hydrogen) atoms. The summed E-state index contributed by atoms with van der Waals surface area (Å²) in [6.45, 7) is 2.49. The summed E-state index contributed by atoms with van der Waals surface area (Å²) in [5, 5.41) is 9.15. The van der Waals surface area contributed by atoms with Crippen LogP contribution in [-0.4, -0.2) is 11.7 Å². The van der Waals surface area contributed by atoms with Crippen molar-refractivity contribution in [3.05, 3.63) is 30.1 Å². The number of aliphatic hydroxyl groups excluding tert-OH is 1.